The molecule has 0 fully saturated rings. The van der Waals surface area contributed by atoms with Gasteiger partial charge in [0.1, 0.15) is 12.3 Å². The van der Waals surface area contributed by atoms with Crippen molar-refractivity contribution in [1.82, 2.24) is 5.32 Å². The molecule has 0 atom stereocenters. The van der Waals surface area contributed by atoms with Crippen LogP contribution in [0, 0.1) is 13.8 Å². The summed E-state index contributed by atoms with van der Waals surface area (Å²) in [6.45, 7) is 4.52. The van der Waals surface area contributed by atoms with Crippen LogP contribution in [0.4, 0.5) is 11.4 Å². The zero-order valence-electron chi connectivity index (χ0n) is 13.2. The van der Waals surface area contributed by atoms with Gasteiger partial charge >= 0.3 is 0 Å². The third kappa shape index (κ3) is 3.21. The lowest BCUT2D eigenvalue weighted by Gasteiger charge is -2.30. The summed E-state index contributed by atoms with van der Waals surface area (Å²) in [7, 11) is 0. The van der Waals surface area contributed by atoms with Gasteiger partial charge in [-0.25, -0.2) is 0 Å². The second kappa shape index (κ2) is 6.16. The fraction of sp³-hybridized carbons (Fsp3) is 0.294. The highest BCUT2D eigenvalue weighted by atomic mass is 16.3. The highest BCUT2D eigenvalue weighted by molar-refractivity contribution is 6.06. The van der Waals surface area contributed by atoms with Crippen LogP contribution in [-0.4, -0.2) is 24.9 Å². The van der Waals surface area contributed by atoms with E-state index in [2.05, 4.69) is 10.6 Å². The number of aryl methyl sites for hydroxylation is 2. The van der Waals surface area contributed by atoms with Gasteiger partial charge < -0.3 is 15.1 Å². The smallest absolute Gasteiger partial charge is 0.246 e. The topological polar surface area (TPSA) is 74.6 Å². The van der Waals surface area contributed by atoms with Crippen molar-refractivity contribution in [2.24, 2.45) is 0 Å². The van der Waals surface area contributed by atoms with Gasteiger partial charge in [0, 0.05) is 0 Å². The summed E-state index contributed by atoms with van der Waals surface area (Å²) in [4.78, 5) is 25.9. The molecule has 2 aromatic rings. The summed E-state index contributed by atoms with van der Waals surface area (Å²) in [5.41, 5.74) is 3.86. The maximum absolute atomic E-state index is 12.2. The van der Waals surface area contributed by atoms with Crippen molar-refractivity contribution < 1.29 is 14.0 Å². The van der Waals surface area contributed by atoms with Crippen LogP contribution in [0.5, 0.6) is 0 Å². The van der Waals surface area contributed by atoms with Crippen LogP contribution in [0.15, 0.2) is 34.9 Å². The highest BCUT2D eigenvalue weighted by Crippen LogP contribution is 2.32. The molecule has 0 saturated carbocycles. The number of anilines is 2. The van der Waals surface area contributed by atoms with Crippen molar-refractivity contribution in [3.05, 3.63) is 47.4 Å². The fourth-order valence-electron chi connectivity index (χ4n) is 2.54. The molecule has 2 heterocycles. The number of benzene rings is 1. The first kappa shape index (κ1) is 15.1. The molecule has 120 valence electrons. The van der Waals surface area contributed by atoms with Gasteiger partial charge in [-0.2, -0.15) is 0 Å². The molecule has 6 heteroatoms. The molecule has 6 nitrogen and oxygen atoms in total. The number of rotatable bonds is 4. The molecular formula is C17H19N3O3. The third-order valence-corrected chi connectivity index (χ3v) is 3.98. The second-order valence-corrected chi connectivity index (χ2v) is 5.64. The molecule has 0 saturated heterocycles. The summed E-state index contributed by atoms with van der Waals surface area (Å²) in [6.07, 6.45) is 1.56. The Kier molecular flexibility index (Phi) is 4.06. The van der Waals surface area contributed by atoms with Gasteiger partial charge in [-0.1, -0.05) is 0 Å². The molecular weight excluding hydrogens is 294 g/mol. The standard InChI is InChI=1S/C17H19N3O3/c1-11-6-14-15(7-12(11)2)20(17(22)9-18-14)10-16(21)19-8-13-4-3-5-23-13/h3-7,18H,8-10H2,1-2H3,(H,19,21). The van der Waals surface area contributed by atoms with Crippen molar-refractivity contribution in [3.8, 4) is 0 Å². The van der Waals surface area contributed by atoms with E-state index in [1.807, 2.05) is 26.0 Å². The van der Waals surface area contributed by atoms with E-state index in [9.17, 15) is 9.59 Å². The Bertz CT molecular complexity index is 738. The van der Waals surface area contributed by atoms with Crippen LogP contribution in [0.2, 0.25) is 0 Å². The van der Waals surface area contributed by atoms with E-state index >= 15 is 0 Å². The van der Waals surface area contributed by atoms with Gasteiger partial charge in [0.25, 0.3) is 0 Å². The molecule has 0 radical (unpaired) electrons. The first-order valence-electron chi connectivity index (χ1n) is 7.49. The minimum atomic E-state index is -0.221. The molecule has 0 spiro atoms. The Morgan fingerprint density at radius 3 is 2.87 bits per heavy atom. The van der Waals surface area contributed by atoms with Crippen LogP contribution < -0.4 is 15.5 Å². The summed E-state index contributed by atoms with van der Waals surface area (Å²) in [6, 6.07) is 7.50. The first-order valence-corrected chi connectivity index (χ1v) is 7.49. The molecule has 0 bridgehead atoms. The van der Waals surface area contributed by atoms with Gasteiger partial charge in [-0.3, -0.25) is 14.5 Å². The highest BCUT2D eigenvalue weighted by Gasteiger charge is 2.26. The Labute approximate surface area is 134 Å². The average molecular weight is 313 g/mol. The molecule has 1 aliphatic heterocycles. The summed E-state index contributed by atoms with van der Waals surface area (Å²) in [5.74, 6) is 0.339. The van der Waals surface area contributed by atoms with Crippen LogP contribution in [0.1, 0.15) is 16.9 Å². The quantitative estimate of drug-likeness (QED) is 0.905. The van der Waals surface area contributed by atoms with Crippen molar-refractivity contribution in [3.63, 3.8) is 0 Å². The number of hydrogen-bond acceptors (Lipinski definition) is 4. The van der Waals surface area contributed by atoms with Crippen LogP contribution in [0.25, 0.3) is 0 Å². The number of amides is 2. The van der Waals surface area contributed by atoms with Crippen molar-refractivity contribution in [1.29, 1.82) is 0 Å². The fourth-order valence-corrected chi connectivity index (χ4v) is 2.54. The lowest BCUT2D eigenvalue weighted by Crippen LogP contribution is -2.45. The average Bonchev–Trinajstić information content (AvgIpc) is 3.03. The van der Waals surface area contributed by atoms with Crippen LogP contribution >= 0.6 is 0 Å². The van der Waals surface area contributed by atoms with E-state index in [0.717, 1.165) is 22.5 Å². The van der Waals surface area contributed by atoms with E-state index in [1.54, 1.807) is 18.4 Å². The Hall–Kier alpha value is -2.76. The van der Waals surface area contributed by atoms with E-state index in [-0.39, 0.29) is 24.9 Å². The van der Waals surface area contributed by atoms with E-state index in [1.165, 1.54) is 4.90 Å². The largest absolute Gasteiger partial charge is 0.467 e. The van der Waals surface area contributed by atoms with E-state index in [4.69, 9.17) is 4.42 Å². The maximum atomic E-state index is 12.2. The monoisotopic (exact) mass is 313 g/mol. The minimum absolute atomic E-state index is 0.00325. The number of hydrogen-bond donors (Lipinski definition) is 2. The van der Waals surface area contributed by atoms with E-state index < -0.39 is 0 Å². The maximum Gasteiger partial charge on any atom is 0.246 e. The normalized spacial score (nSPS) is 13.5. The lowest BCUT2D eigenvalue weighted by atomic mass is 10.1. The molecule has 3 rings (SSSR count). The predicted octanol–water partition coefficient (Wildman–Crippen LogP) is 1.97. The summed E-state index contributed by atoms with van der Waals surface area (Å²) in [5, 5.41) is 5.86. The number of carbonyl (C=O) groups is 2. The molecule has 23 heavy (non-hydrogen) atoms. The van der Waals surface area contributed by atoms with E-state index in [0.29, 0.717) is 12.3 Å². The van der Waals surface area contributed by atoms with Crippen LogP contribution in [0.3, 0.4) is 0 Å². The van der Waals surface area contributed by atoms with Crippen molar-refractivity contribution in [2.75, 3.05) is 23.3 Å². The zero-order chi connectivity index (χ0) is 16.4. The Morgan fingerprint density at radius 2 is 2.13 bits per heavy atom. The number of nitrogens with one attached hydrogen (secondary N) is 2. The van der Waals surface area contributed by atoms with Gasteiger partial charge in [-0.05, 0) is 49.2 Å². The second-order valence-electron chi connectivity index (χ2n) is 5.64. The zero-order valence-corrected chi connectivity index (χ0v) is 13.2. The van der Waals surface area contributed by atoms with Gasteiger partial charge in [0.15, 0.2) is 0 Å². The molecule has 0 unspecified atom stereocenters. The minimum Gasteiger partial charge on any atom is -0.467 e. The number of carbonyl (C=O) groups excluding carboxylic acids is 2. The number of nitrogens with zero attached hydrogens (tertiary/aromatic N) is 1. The molecule has 1 aromatic heterocycles. The Balaban J connectivity index is 1.73. The van der Waals surface area contributed by atoms with Crippen LogP contribution in [-0.2, 0) is 16.1 Å². The lowest BCUT2D eigenvalue weighted by molar-refractivity contribution is -0.123. The SMILES string of the molecule is Cc1cc2c(cc1C)N(CC(=O)NCc1ccco1)C(=O)CN2. The molecule has 1 aliphatic rings. The molecule has 1 aromatic carbocycles. The number of fused-ring (bicyclic) bond motifs is 1. The Morgan fingerprint density at radius 1 is 1.35 bits per heavy atom. The summed E-state index contributed by atoms with van der Waals surface area (Å²) < 4.78 is 5.17. The van der Waals surface area contributed by atoms with Gasteiger partial charge in [-0.15, -0.1) is 0 Å². The predicted molar refractivity (Wildman–Crippen MR) is 87.3 cm³/mol. The summed E-state index contributed by atoms with van der Waals surface area (Å²) >= 11 is 0. The van der Waals surface area contributed by atoms with Crippen molar-refractivity contribution in [2.45, 2.75) is 20.4 Å². The van der Waals surface area contributed by atoms with Crippen molar-refractivity contribution >= 4 is 23.2 Å². The van der Waals surface area contributed by atoms with Gasteiger partial charge in [0.05, 0.1) is 30.7 Å². The van der Waals surface area contributed by atoms with Gasteiger partial charge in [0.2, 0.25) is 11.8 Å². The molecule has 2 amide bonds. The third-order valence-electron chi connectivity index (χ3n) is 3.98. The molecule has 0 aliphatic carbocycles. The molecule has 2 N–H and O–H groups in total. The number of furan rings is 1. The first-order chi connectivity index (χ1) is 11.0.